The molecule has 116 valence electrons. The van der Waals surface area contributed by atoms with E-state index in [-0.39, 0.29) is 16.7 Å². The van der Waals surface area contributed by atoms with Crippen LogP contribution in [0.15, 0.2) is 39.9 Å². The average molecular weight is 334 g/mol. The normalized spacial score (nSPS) is 11.2. The van der Waals surface area contributed by atoms with Gasteiger partial charge in [-0.3, -0.25) is 10.1 Å². The zero-order valence-corrected chi connectivity index (χ0v) is 12.1. The van der Waals surface area contributed by atoms with Gasteiger partial charge in [-0.25, -0.2) is 0 Å². The van der Waals surface area contributed by atoms with Crippen LogP contribution in [0.2, 0.25) is 5.02 Å². The quantitative estimate of drug-likeness (QED) is 0.437. The first-order valence-corrected chi connectivity index (χ1v) is 6.55. The maximum absolute atomic E-state index is 10.7. The van der Waals surface area contributed by atoms with Crippen molar-refractivity contribution in [3.8, 4) is 11.3 Å². The van der Waals surface area contributed by atoms with Crippen LogP contribution in [0.4, 0.5) is 11.6 Å². The molecule has 2 aromatic heterocycles. The molecule has 11 heteroatoms. The van der Waals surface area contributed by atoms with Gasteiger partial charge in [0, 0.05) is 17.7 Å². The predicted octanol–water partition coefficient (Wildman–Crippen LogP) is 1.96. The Balaban J connectivity index is 1.86. The summed E-state index contributed by atoms with van der Waals surface area (Å²) in [5.74, 6) is 0.881. The van der Waals surface area contributed by atoms with Crippen LogP contribution in [0, 0.1) is 10.1 Å². The van der Waals surface area contributed by atoms with Crippen molar-refractivity contribution in [2.45, 2.75) is 0 Å². The van der Waals surface area contributed by atoms with E-state index in [0.717, 1.165) is 4.79 Å². The number of rotatable bonds is 4. The highest BCUT2D eigenvalue weighted by Crippen LogP contribution is 2.31. The minimum atomic E-state index is -0.521. The van der Waals surface area contributed by atoms with Crippen molar-refractivity contribution in [3.63, 3.8) is 0 Å². The standard InChI is InChI=1S/C12H8ClN7O3/c13-10-5-7(20(21)22)1-3-9(10)11-4-2-8(23-11)6-15-19-12(14)16-17-18-19/h1-6H,(H2,14,16,18)/b15-6-. The Morgan fingerprint density at radius 3 is 2.87 bits per heavy atom. The van der Waals surface area contributed by atoms with Gasteiger partial charge in [-0.05, 0) is 28.6 Å². The van der Waals surface area contributed by atoms with Crippen LogP contribution in [-0.4, -0.2) is 31.5 Å². The number of benzene rings is 1. The van der Waals surface area contributed by atoms with Crippen molar-refractivity contribution in [2.75, 3.05) is 5.73 Å². The Hall–Kier alpha value is -3.27. The third-order valence-corrected chi connectivity index (χ3v) is 3.14. The molecule has 0 amide bonds. The summed E-state index contributed by atoms with van der Waals surface area (Å²) in [4.78, 5) is 11.2. The van der Waals surface area contributed by atoms with E-state index < -0.39 is 4.92 Å². The van der Waals surface area contributed by atoms with Gasteiger partial charge in [0.25, 0.3) is 11.6 Å². The monoisotopic (exact) mass is 333 g/mol. The Kier molecular flexibility index (Phi) is 3.73. The second-order valence-electron chi connectivity index (χ2n) is 4.29. The number of nitrogens with zero attached hydrogens (tertiary/aromatic N) is 6. The number of nitrogens with two attached hydrogens (primary N) is 1. The van der Waals surface area contributed by atoms with Crippen LogP contribution >= 0.6 is 11.6 Å². The number of hydrogen-bond acceptors (Lipinski definition) is 8. The number of aromatic nitrogens is 4. The summed E-state index contributed by atoms with van der Waals surface area (Å²) in [6, 6.07) is 7.43. The number of nitro benzene ring substituents is 1. The van der Waals surface area contributed by atoms with Gasteiger partial charge < -0.3 is 10.2 Å². The first-order chi connectivity index (χ1) is 11.0. The van der Waals surface area contributed by atoms with E-state index in [1.807, 2.05) is 0 Å². The molecule has 0 aliphatic heterocycles. The molecule has 0 saturated heterocycles. The Labute approximate surface area is 133 Å². The van der Waals surface area contributed by atoms with Gasteiger partial charge >= 0.3 is 0 Å². The van der Waals surface area contributed by atoms with Crippen molar-refractivity contribution in [1.29, 1.82) is 0 Å². The van der Waals surface area contributed by atoms with E-state index in [1.54, 1.807) is 12.1 Å². The zero-order valence-electron chi connectivity index (χ0n) is 11.3. The SMILES string of the molecule is Nc1nnnn1/N=C\c1ccc(-c2ccc([N+](=O)[O-])cc2Cl)o1. The van der Waals surface area contributed by atoms with Crippen molar-refractivity contribution in [3.05, 3.63) is 51.2 Å². The van der Waals surface area contributed by atoms with Crippen molar-refractivity contribution in [1.82, 2.24) is 20.3 Å². The minimum Gasteiger partial charge on any atom is -0.455 e. The van der Waals surface area contributed by atoms with Crippen molar-refractivity contribution in [2.24, 2.45) is 5.10 Å². The number of non-ortho nitro benzene ring substituents is 1. The summed E-state index contributed by atoms with van der Waals surface area (Å²) < 4.78 is 5.56. The largest absolute Gasteiger partial charge is 0.455 e. The summed E-state index contributed by atoms with van der Waals surface area (Å²) in [5, 5.41) is 25.2. The lowest BCUT2D eigenvalue weighted by Crippen LogP contribution is -1.99. The summed E-state index contributed by atoms with van der Waals surface area (Å²) in [6.45, 7) is 0. The molecular formula is C12H8ClN7O3. The lowest BCUT2D eigenvalue weighted by Gasteiger charge is -2.00. The topological polar surface area (TPSA) is 138 Å². The smallest absolute Gasteiger partial charge is 0.270 e. The van der Waals surface area contributed by atoms with Gasteiger partial charge in [0.2, 0.25) is 0 Å². The Morgan fingerprint density at radius 2 is 2.22 bits per heavy atom. The number of anilines is 1. The number of tetrazole rings is 1. The van der Waals surface area contributed by atoms with E-state index in [9.17, 15) is 10.1 Å². The van der Waals surface area contributed by atoms with Gasteiger partial charge in [0.05, 0.1) is 16.2 Å². The molecule has 1 aromatic carbocycles. The van der Waals surface area contributed by atoms with Gasteiger partial charge in [-0.15, -0.1) is 0 Å². The molecule has 2 heterocycles. The first kappa shape index (κ1) is 14.7. The molecule has 23 heavy (non-hydrogen) atoms. The van der Waals surface area contributed by atoms with E-state index in [0.29, 0.717) is 17.1 Å². The number of hydrogen-bond donors (Lipinski definition) is 1. The highest BCUT2D eigenvalue weighted by atomic mass is 35.5. The number of nitrogen functional groups attached to an aromatic ring is 1. The molecular weight excluding hydrogens is 326 g/mol. The maximum Gasteiger partial charge on any atom is 0.270 e. The second-order valence-corrected chi connectivity index (χ2v) is 4.70. The van der Waals surface area contributed by atoms with Crippen LogP contribution in [0.3, 0.4) is 0 Å². The fourth-order valence-electron chi connectivity index (χ4n) is 1.77. The summed E-state index contributed by atoms with van der Waals surface area (Å²) >= 11 is 6.05. The minimum absolute atomic E-state index is 0.0337. The van der Waals surface area contributed by atoms with E-state index in [1.165, 1.54) is 24.4 Å². The van der Waals surface area contributed by atoms with Crippen LogP contribution in [0.25, 0.3) is 11.3 Å². The van der Waals surface area contributed by atoms with Crippen LogP contribution < -0.4 is 5.73 Å². The Bertz CT molecular complexity index is 902. The predicted molar refractivity (Wildman–Crippen MR) is 81.0 cm³/mol. The number of nitro groups is 1. The molecule has 0 unspecified atom stereocenters. The molecule has 3 rings (SSSR count). The fraction of sp³-hybridized carbons (Fsp3) is 0. The average Bonchev–Trinajstić information content (AvgIpc) is 3.14. The van der Waals surface area contributed by atoms with Crippen LogP contribution in [-0.2, 0) is 0 Å². The number of furan rings is 1. The molecule has 0 atom stereocenters. The maximum atomic E-state index is 10.7. The highest BCUT2D eigenvalue weighted by Gasteiger charge is 2.13. The lowest BCUT2D eigenvalue weighted by atomic mass is 10.1. The second kappa shape index (κ2) is 5.85. The summed E-state index contributed by atoms with van der Waals surface area (Å²) in [6.07, 6.45) is 1.37. The van der Waals surface area contributed by atoms with E-state index >= 15 is 0 Å². The van der Waals surface area contributed by atoms with Gasteiger partial charge in [0.1, 0.15) is 11.5 Å². The van der Waals surface area contributed by atoms with Gasteiger partial charge in [-0.1, -0.05) is 21.5 Å². The van der Waals surface area contributed by atoms with E-state index in [2.05, 4.69) is 20.6 Å². The lowest BCUT2D eigenvalue weighted by molar-refractivity contribution is -0.384. The summed E-state index contributed by atoms with van der Waals surface area (Å²) in [5.41, 5.74) is 5.90. The molecule has 0 spiro atoms. The van der Waals surface area contributed by atoms with E-state index in [4.69, 9.17) is 21.8 Å². The van der Waals surface area contributed by atoms with Crippen molar-refractivity contribution < 1.29 is 9.34 Å². The molecule has 0 fully saturated rings. The molecule has 10 nitrogen and oxygen atoms in total. The summed E-state index contributed by atoms with van der Waals surface area (Å²) in [7, 11) is 0. The molecule has 2 N–H and O–H groups in total. The molecule has 0 bridgehead atoms. The van der Waals surface area contributed by atoms with Gasteiger partial charge in [0.15, 0.2) is 0 Å². The highest BCUT2D eigenvalue weighted by molar-refractivity contribution is 6.33. The first-order valence-electron chi connectivity index (χ1n) is 6.17. The molecule has 0 aliphatic rings. The molecule has 0 aliphatic carbocycles. The number of halogens is 1. The van der Waals surface area contributed by atoms with Crippen LogP contribution in [0.1, 0.15) is 5.76 Å². The molecule has 0 saturated carbocycles. The van der Waals surface area contributed by atoms with Crippen molar-refractivity contribution >= 4 is 29.5 Å². The third kappa shape index (κ3) is 3.01. The van der Waals surface area contributed by atoms with Crippen LogP contribution in [0.5, 0.6) is 0 Å². The molecule has 0 radical (unpaired) electrons. The molecule has 3 aromatic rings. The third-order valence-electron chi connectivity index (χ3n) is 2.83. The Morgan fingerprint density at radius 1 is 1.39 bits per heavy atom. The zero-order chi connectivity index (χ0) is 16.4. The fourth-order valence-corrected chi connectivity index (χ4v) is 2.04. The van der Waals surface area contributed by atoms with Gasteiger partial charge in [-0.2, -0.15) is 5.10 Å².